The molecule has 0 aromatic heterocycles. The van der Waals surface area contributed by atoms with Crippen molar-refractivity contribution in [2.45, 2.75) is 33.6 Å². The van der Waals surface area contributed by atoms with Gasteiger partial charge >= 0.3 is 11.9 Å². The topological polar surface area (TPSA) is 52.6 Å². The normalized spacial score (nSPS) is 9.94. The van der Waals surface area contributed by atoms with Crippen LogP contribution in [0.3, 0.4) is 0 Å². The molecule has 0 unspecified atom stereocenters. The first kappa shape index (κ1) is 16.2. The standard InChI is InChI=1S/C14H20O4/c1-5-9-11-14(10-6-2,12(15)17-7-3)13(16)18-8-4/h6H,2,7-8,10-11H2,1,3-4H3. The van der Waals surface area contributed by atoms with Crippen LogP contribution in [0.25, 0.3) is 0 Å². The molecule has 0 amide bonds. The number of ether oxygens (including phenoxy) is 2. The lowest BCUT2D eigenvalue weighted by Crippen LogP contribution is -2.41. The van der Waals surface area contributed by atoms with Crippen LogP contribution in [0.2, 0.25) is 0 Å². The molecule has 0 N–H and O–H groups in total. The summed E-state index contributed by atoms with van der Waals surface area (Å²) in [7, 11) is 0. The molecule has 0 saturated carbocycles. The molecule has 0 aromatic rings. The predicted molar refractivity (Wildman–Crippen MR) is 68.6 cm³/mol. The lowest BCUT2D eigenvalue weighted by atomic mass is 9.81. The minimum atomic E-state index is -1.39. The third-order valence-electron chi connectivity index (χ3n) is 2.39. The summed E-state index contributed by atoms with van der Waals surface area (Å²) >= 11 is 0. The van der Waals surface area contributed by atoms with Crippen LogP contribution >= 0.6 is 0 Å². The lowest BCUT2D eigenvalue weighted by Gasteiger charge is -2.26. The Hall–Kier alpha value is -1.76. The highest BCUT2D eigenvalue weighted by atomic mass is 16.6. The molecule has 0 atom stereocenters. The SMILES string of the molecule is C=CCC(CC#CC)(C(=O)OCC)C(=O)OCC. The third-order valence-corrected chi connectivity index (χ3v) is 2.39. The van der Waals surface area contributed by atoms with Crippen LogP contribution in [-0.4, -0.2) is 25.2 Å². The second-order valence-corrected chi connectivity index (χ2v) is 3.62. The summed E-state index contributed by atoms with van der Waals surface area (Å²) in [5.74, 6) is 4.22. The van der Waals surface area contributed by atoms with Gasteiger partial charge in [-0.1, -0.05) is 6.08 Å². The zero-order valence-electron chi connectivity index (χ0n) is 11.2. The minimum absolute atomic E-state index is 0.0766. The fraction of sp³-hybridized carbons (Fsp3) is 0.571. The molecule has 0 fully saturated rings. The van der Waals surface area contributed by atoms with Gasteiger partial charge in [0.15, 0.2) is 5.41 Å². The molecule has 0 aliphatic heterocycles. The van der Waals surface area contributed by atoms with E-state index >= 15 is 0 Å². The van der Waals surface area contributed by atoms with Crippen LogP contribution < -0.4 is 0 Å². The second kappa shape index (κ2) is 8.35. The number of hydrogen-bond donors (Lipinski definition) is 0. The zero-order valence-corrected chi connectivity index (χ0v) is 11.2. The van der Waals surface area contributed by atoms with Gasteiger partial charge in [-0.25, -0.2) is 0 Å². The number of carbonyl (C=O) groups excluding carboxylic acids is 2. The maximum Gasteiger partial charge on any atom is 0.324 e. The van der Waals surface area contributed by atoms with E-state index in [1.165, 1.54) is 6.08 Å². The molecule has 4 heteroatoms. The van der Waals surface area contributed by atoms with E-state index in [2.05, 4.69) is 18.4 Å². The van der Waals surface area contributed by atoms with Crippen LogP contribution in [0.4, 0.5) is 0 Å². The van der Waals surface area contributed by atoms with Crippen LogP contribution in [0.15, 0.2) is 12.7 Å². The summed E-state index contributed by atoms with van der Waals surface area (Å²) in [6, 6.07) is 0. The van der Waals surface area contributed by atoms with E-state index in [0.717, 1.165) is 0 Å². The van der Waals surface area contributed by atoms with E-state index in [-0.39, 0.29) is 26.1 Å². The monoisotopic (exact) mass is 252 g/mol. The van der Waals surface area contributed by atoms with Crippen molar-refractivity contribution in [2.75, 3.05) is 13.2 Å². The molecule has 0 rings (SSSR count). The van der Waals surface area contributed by atoms with Gasteiger partial charge in [-0.3, -0.25) is 9.59 Å². The van der Waals surface area contributed by atoms with Crippen molar-refractivity contribution in [1.29, 1.82) is 0 Å². The molecule has 4 nitrogen and oxygen atoms in total. The summed E-state index contributed by atoms with van der Waals surface area (Å²) in [5.41, 5.74) is -1.39. The van der Waals surface area contributed by atoms with Gasteiger partial charge in [-0.2, -0.15) is 0 Å². The molecule has 100 valence electrons. The van der Waals surface area contributed by atoms with Crippen molar-refractivity contribution in [3.05, 3.63) is 12.7 Å². The van der Waals surface area contributed by atoms with E-state index < -0.39 is 17.4 Å². The van der Waals surface area contributed by atoms with Crippen molar-refractivity contribution in [3.63, 3.8) is 0 Å². The molecular weight excluding hydrogens is 232 g/mol. The summed E-state index contributed by atoms with van der Waals surface area (Å²) in [4.78, 5) is 24.1. The van der Waals surface area contributed by atoms with E-state index in [0.29, 0.717) is 0 Å². The smallest absolute Gasteiger partial charge is 0.324 e. The fourth-order valence-corrected chi connectivity index (χ4v) is 1.49. The number of carbonyl (C=O) groups is 2. The van der Waals surface area contributed by atoms with Crippen LogP contribution in [-0.2, 0) is 19.1 Å². The fourth-order valence-electron chi connectivity index (χ4n) is 1.49. The molecule has 18 heavy (non-hydrogen) atoms. The maximum atomic E-state index is 12.0. The summed E-state index contributed by atoms with van der Waals surface area (Å²) in [6.07, 6.45) is 1.73. The first-order chi connectivity index (χ1) is 8.58. The van der Waals surface area contributed by atoms with Gasteiger partial charge in [0.2, 0.25) is 0 Å². The number of hydrogen-bond acceptors (Lipinski definition) is 4. The molecule has 0 aromatic carbocycles. The Morgan fingerprint density at radius 1 is 1.22 bits per heavy atom. The van der Waals surface area contributed by atoms with Gasteiger partial charge in [0, 0.05) is 6.42 Å². The van der Waals surface area contributed by atoms with Gasteiger partial charge in [0.1, 0.15) is 0 Å². The Balaban J connectivity index is 5.36. The van der Waals surface area contributed by atoms with Gasteiger partial charge in [-0.15, -0.1) is 18.4 Å². The number of allylic oxidation sites excluding steroid dienone is 1. The molecule has 0 bridgehead atoms. The van der Waals surface area contributed by atoms with E-state index in [1.54, 1.807) is 20.8 Å². The number of rotatable bonds is 7. The minimum Gasteiger partial charge on any atom is -0.465 e. The van der Waals surface area contributed by atoms with Crippen molar-refractivity contribution >= 4 is 11.9 Å². The van der Waals surface area contributed by atoms with E-state index in [9.17, 15) is 9.59 Å². The molecular formula is C14H20O4. The Morgan fingerprint density at radius 3 is 2.06 bits per heavy atom. The van der Waals surface area contributed by atoms with Gasteiger partial charge in [-0.05, 0) is 27.2 Å². The summed E-state index contributed by atoms with van der Waals surface area (Å²) < 4.78 is 9.94. The van der Waals surface area contributed by atoms with Crippen LogP contribution in [0.1, 0.15) is 33.6 Å². The Bertz CT molecular complexity index is 342. The zero-order chi connectivity index (χ0) is 14.0. The highest BCUT2D eigenvalue weighted by Crippen LogP contribution is 2.30. The second-order valence-electron chi connectivity index (χ2n) is 3.62. The highest BCUT2D eigenvalue weighted by molar-refractivity contribution is 6.00. The van der Waals surface area contributed by atoms with E-state index in [4.69, 9.17) is 9.47 Å². The van der Waals surface area contributed by atoms with Crippen LogP contribution in [0.5, 0.6) is 0 Å². The molecule has 0 aliphatic rings. The molecule has 0 heterocycles. The van der Waals surface area contributed by atoms with E-state index in [1.807, 2.05) is 0 Å². The van der Waals surface area contributed by atoms with Gasteiger partial charge < -0.3 is 9.47 Å². The Labute approximate surface area is 108 Å². The van der Waals surface area contributed by atoms with Crippen molar-refractivity contribution in [3.8, 4) is 11.8 Å². The number of esters is 2. The Kier molecular flexibility index (Phi) is 7.53. The molecule has 0 spiro atoms. The highest BCUT2D eigenvalue weighted by Gasteiger charge is 2.47. The lowest BCUT2D eigenvalue weighted by molar-refractivity contribution is -0.171. The van der Waals surface area contributed by atoms with Gasteiger partial charge in [0.25, 0.3) is 0 Å². The summed E-state index contributed by atoms with van der Waals surface area (Å²) in [5, 5.41) is 0. The molecule has 0 saturated heterocycles. The van der Waals surface area contributed by atoms with Crippen LogP contribution in [0, 0.1) is 17.3 Å². The maximum absolute atomic E-state index is 12.0. The average Bonchev–Trinajstić information content (AvgIpc) is 2.35. The molecule has 0 radical (unpaired) electrons. The van der Waals surface area contributed by atoms with Crippen molar-refractivity contribution in [2.24, 2.45) is 5.41 Å². The van der Waals surface area contributed by atoms with Crippen molar-refractivity contribution < 1.29 is 19.1 Å². The third kappa shape index (κ3) is 3.92. The first-order valence-corrected chi connectivity index (χ1v) is 5.94. The first-order valence-electron chi connectivity index (χ1n) is 5.94. The summed E-state index contributed by atoms with van der Waals surface area (Å²) in [6.45, 7) is 9.01. The molecule has 0 aliphatic carbocycles. The van der Waals surface area contributed by atoms with Crippen molar-refractivity contribution in [1.82, 2.24) is 0 Å². The van der Waals surface area contributed by atoms with Gasteiger partial charge in [0.05, 0.1) is 13.2 Å². The quantitative estimate of drug-likeness (QED) is 0.301. The average molecular weight is 252 g/mol. The Morgan fingerprint density at radius 2 is 1.72 bits per heavy atom. The largest absolute Gasteiger partial charge is 0.465 e. The predicted octanol–water partition coefficient (Wildman–Crippen LogP) is 2.09.